The van der Waals surface area contributed by atoms with Crippen molar-refractivity contribution in [2.45, 2.75) is 0 Å². The molecule has 0 spiro atoms. The van der Waals surface area contributed by atoms with Crippen molar-refractivity contribution in [1.82, 2.24) is 5.43 Å². The second-order valence-corrected chi connectivity index (χ2v) is 6.92. The fourth-order valence-electron chi connectivity index (χ4n) is 3.15. The van der Waals surface area contributed by atoms with Gasteiger partial charge >= 0.3 is 0 Å². The molecule has 0 aliphatic carbocycles. The van der Waals surface area contributed by atoms with Gasteiger partial charge in [-0.15, -0.1) is 0 Å². The number of carbonyl (C=O) groups is 2. The first kappa shape index (κ1) is 21.0. The van der Waals surface area contributed by atoms with E-state index in [1.807, 2.05) is 30.3 Å². The molecular weight excluding hydrogens is 408 g/mol. The third-order valence-corrected chi connectivity index (χ3v) is 4.76. The summed E-state index contributed by atoms with van der Waals surface area (Å²) in [6.07, 6.45) is 1.57. The lowest BCUT2D eigenvalue weighted by Gasteiger charge is -2.13. The molecule has 1 aliphatic rings. The van der Waals surface area contributed by atoms with Crippen LogP contribution >= 0.6 is 0 Å². The summed E-state index contributed by atoms with van der Waals surface area (Å²) in [5.41, 5.74) is 3.99. The quantitative estimate of drug-likeness (QED) is 0.336. The summed E-state index contributed by atoms with van der Waals surface area (Å²) < 4.78 is 16.5. The smallest absolute Gasteiger partial charge is 0.282 e. The average molecular weight is 430 g/mol. The fraction of sp³-hybridized carbons (Fsp3) is 0.120. The van der Waals surface area contributed by atoms with Crippen LogP contribution in [0, 0.1) is 0 Å². The Morgan fingerprint density at radius 3 is 2.22 bits per heavy atom. The first-order valence-corrected chi connectivity index (χ1v) is 10.1. The summed E-state index contributed by atoms with van der Waals surface area (Å²) >= 11 is 0. The van der Waals surface area contributed by atoms with Crippen molar-refractivity contribution in [2.75, 3.05) is 25.3 Å². The number of ether oxygens (including phenoxy) is 3. The third kappa shape index (κ3) is 4.89. The van der Waals surface area contributed by atoms with Crippen LogP contribution in [0.4, 0.5) is 5.69 Å². The van der Waals surface area contributed by atoms with Crippen molar-refractivity contribution in [3.8, 4) is 17.2 Å². The number of methoxy groups -OCH3 is 1. The number of hydrogen-bond donors (Lipinski definition) is 1. The Labute approximate surface area is 185 Å². The number of rotatable bonds is 8. The first-order valence-electron chi connectivity index (χ1n) is 10.1. The molecule has 32 heavy (non-hydrogen) atoms. The zero-order chi connectivity index (χ0) is 22.3. The Bertz CT molecular complexity index is 1130. The van der Waals surface area contributed by atoms with Gasteiger partial charge in [0.05, 0.1) is 12.8 Å². The van der Waals surface area contributed by atoms with Crippen LogP contribution in [0.15, 0.2) is 84.4 Å². The lowest BCUT2D eigenvalue weighted by atomic mass is 10.1. The van der Waals surface area contributed by atoms with E-state index in [2.05, 4.69) is 5.43 Å². The SMILES string of the molecule is COc1cccc(OCCOc2ccc(C=C3C(=O)NN(c4ccccc4)C3=O)cc2)c1. The Kier molecular flexibility index (Phi) is 6.36. The molecule has 7 heteroatoms. The molecule has 0 bridgehead atoms. The minimum absolute atomic E-state index is 0.0780. The zero-order valence-corrected chi connectivity index (χ0v) is 17.5. The van der Waals surface area contributed by atoms with Crippen LogP contribution in [0.5, 0.6) is 17.2 Å². The fourth-order valence-corrected chi connectivity index (χ4v) is 3.15. The Balaban J connectivity index is 1.33. The summed E-state index contributed by atoms with van der Waals surface area (Å²) in [7, 11) is 1.61. The molecule has 1 aliphatic heterocycles. The number of benzene rings is 3. The van der Waals surface area contributed by atoms with Gasteiger partial charge in [0.25, 0.3) is 11.8 Å². The van der Waals surface area contributed by atoms with Crippen LogP contribution in [-0.2, 0) is 9.59 Å². The predicted molar refractivity (Wildman–Crippen MR) is 120 cm³/mol. The van der Waals surface area contributed by atoms with Gasteiger partial charge in [-0.25, -0.2) is 5.01 Å². The van der Waals surface area contributed by atoms with E-state index in [0.29, 0.717) is 30.4 Å². The van der Waals surface area contributed by atoms with Crippen molar-refractivity contribution >= 4 is 23.6 Å². The second kappa shape index (κ2) is 9.70. The van der Waals surface area contributed by atoms with Crippen molar-refractivity contribution in [1.29, 1.82) is 0 Å². The van der Waals surface area contributed by atoms with Gasteiger partial charge in [-0.3, -0.25) is 15.0 Å². The third-order valence-electron chi connectivity index (χ3n) is 4.76. The highest BCUT2D eigenvalue weighted by molar-refractivity contribution is 6.31. The standard InChI is InChI=1S/C25H22N2O5/c1-30-21-8-5-9-22(17-21)32-15-14-31-20-12-10-18(11-13-20)16-23-24(28)26-27(25(23)29)19-6-3-2-4-7-19/h2-13,16-17H,14-15H2,1H3,(H,26,28). The summed E-state index contributed by atoms with van der Waals surface area (Å²) in [5.74, 6) is 1.27. The highest BCUT2D eigenvalue weighted by atomic mass is 16.5. The van der Waals surface area contributed by atoms with E-state index in [1.54, 1.807) is 61.7 Å². The molecule has 1 N–H and O–H groups in total. The average Bonchev–Trinajstić information content (AvgIpc) is 3.12. The molecule has 0 atom stereocenters. The van der Waals surface area contributed by atoms with Crippen LogP contribution in [0.1, 0.15) is 5.56 Å². The lowest BCUT2D eigenvalue weighted by molar-refractivity contribution is -0.117. The van der Waals surface area contributed by atoms with Gasteiger partial charge in [0, 0.05) is 6.07 Å². The van der Waals surface area contributed by atoms with Gasteiger partial charge in [0.15, 0.2) is 0 Å². The molecular formula is C25H22N2O5. The van der Waals surface area contributed by atoms with E-state index < -0.39 is 11.8 Å². The van der Waals surface area contributed by atoms with Crippen LogP contribution in [0.25, 0.3) is 6.08 Å². The number of para-hydroxylation sites is 1. The number of carbonyl (C=O) groups excluding carboxylic acids is 2. The molecule has 7 nitrogen and oxygen atoms in total. The number of amides is 2. The van der Waals surface area contributed by atoms with Crippen molar-refractivity contribution in [2.24, 2.45) is 0 Å². The minimum atomic E-state index is -0.436. The molecule has 0 aromatic heterocycles. The molecule has 0 saturated carbocycles. The van der Waals surface area contributed by atoms with E-state index >= 15 is 0 Å². The molecule has 3 aromatic rings. The van der Waals surface area contributed by atoms with Crippen LogP contribution in [-0.4, -0.2) is 32.1 Å². The normalized spacial score (nSPS) is 14.4. The number of anilines is 1. The van der Waals surface area contributed by atoms with E-state index in [1.165, 1.54) is 5.01 Å². The number of nitrogens with zero attached hydrogens (tertiary/aromatic N) is 1. The van der Waals surface area contributed by atoms with E-state index in [0.717, 1.165) is 11.3 Å². The molecule has 1 fully saturated rings. The van der Waals surface area contributed by atoms with Gasteiger partial charge in [0.2, 0.25) is 0 Å². The number of hydrazine groups is 1. The predicted octanol–water partition coefficient (Wildman–Crippen LogP) is 3.61. The van der Waals surface area contributed by atoms with Crippen molar-refractivity contribution in [3.63, 3.8) is 0 Å². The van der Waals surface area contributed by atoms with Gasteiger partial charge < -0.3 is 14.2 Å². The van der Waals surface area contributed by atoms with Gasteiger partial charge in [0.1, 0.15) is 36.0 Å². The molecule has 1 heterocycles. The highest BCUT2D eigenvalue weighted by Gasteiger charge is 2.34. The van der Waals surface area contributed by atoms with Crippen molar-refractivity contribution < 1.29 is 23.8 Å². The van der Waals surface area contributed by atoms with Crippen molar-refractivity contribution in [3.05, 3.63) is 90.0 Å². The Morgan fingerprint density at radius 2 is 1.50 bits per heavy atom. The van der Waals surface area contributed by atoms with E-state index in [9.17, 15) is 9.59 Å². The summed E-state index contributed by atoms with van der Waals surface area (Å²) in [6, 6.07) is 23.5. The molecule has 0 radical (unpaired) electrons. The number of hydrogen-bond acceptors (Lipinski definition) is 5. The molecule has 0 unspecified atom stereocenters. The van der Waals surface area contributed by atoms with Gasteiger partial charge in [-0.1, -0.05) is 36.4 Å². The molecule has 1 saturated heterocycles. The largest absolute Gasteiger partial charge is 0.497 e. The van der Waals surface area contributed by atoms with Gasteiger partial charge in [-0.05, 0) is 48.0 Å². The van der Waals surface area contributed by atoms with Crippen LogP contribution in [0.3, 0.4) is 0 Å². The lowest BCUT2D eigenvalue weighted by Crippen LogP contribution is -2.35. The van der Waals surface area contributed by atoms with Gasteiger partial charge in [-0.2, -0.15) is 0 Å². The first-order chi connectivity index (χ1) is 15.6. The zero-order valence-electron chi connectivity index (χ0n) is 17.5. The van der Waals surface area contributed by atoms with Crippen LogP contribution in [0.2, 0.25) is 0 Å². The molecule has 162 valence electrons. The molecule has 3 aromatic carbocycles. The monoisotopic (exact) mass is 430 g/mol. The Morgan fingerprint density at radius 1 is 0.812 bits per heavy atom. The van der Waals surface area contributed by atoms with Crippen LogP contribution < -0.4 is 24.6 Å². The maximum Gasteiger partial charge on any atom is 0.282 e. The maximum absolute atomic E-state index is 12.6. The second-order valence-electron chi connectivity index (χ2n) is 6.92. The maximum atomic E-state index is 12.6. The summed E-state index contributed by atoms with van der Waals surface area (Å²) in [4.78, 5) is 24.9. The molecule has 4 rings (SSSR count). The van der Waals surface area contributed by atoms with E-state index in [-0.39, 0.29) is 5.57 Å². The van der Waals surface area contributed by atoms with E-state index in [4.69, 9.17) is 14.2 Å². The highest BCUT2D eigenvalue weighted by Crippen LogP contribution is 2.22. The summed E-state index contributed by atoms with van der Waals surface area (Å²) in [6.45, 7) is 0.744. The minimum Gasteiger partial charge on any atom is -0.497 e. The Hall–Kier alpha value is -4.26. The summed E-state index contributed by atoms with van der Waals surface area (Å²) in [5, 5.41) is 1.24. The number of nitrogens with one attached hydrogen (secondary N) is 1. The molecule has 2 amide bonds. The topological polar surface area (TPSA) is 77.1 Å².